The average Bonchev–Trinajstić information content (AvgIpc) is 2.78. The zero-order valence-corrected chi connectivity index (χ0v) is 11.9. The van der Waals surface area contributed by atoms with Crippen LogP contribution in [-0.2, 0) is 16.1 Å². The van der Waals surface area contributed by atoms with Crippen LogP contribution < -0.4 is 11.3 Å². The van der Waals surface area contributed by atoms with Gasteiger partial charge in [-0.3, -0.25) is 15.0 Å². The highest BCUT2D eigenvalue weighted by Crippen LogP contribution is 2.17. The van der Waals surface area contributed by atoms with Gasteiger partial charge in [-0.15, -0.1) is 0 Å². The molecule has 0 aromatic carbocycles. The monoisotopic (exact) mass is 279 g/mol. The Morgan fingerprint density at radius 1 is 1.40 bits per heavy atom. The Morgan fingerprint density at radius 2 is 2.05 bits per heavy atom. The molecule has 0 saturated carbocycles. The largest absolute Gasteiger partial charge is 0.341 e. The summed E-state index contributed by atoms with van der Waals surface area (Å²) >= 11 is 0. The zero-order valence-electron chi connectivity index (χ0n) is 11.9. The summed E-state index contributed by atoms with van der Waals surface area (Å²) in [4.78, 5) is 29.6. The van der Waals surface area contributed by atoms with Crippen molar-refractivity contribution >= 4 is 11.8 Å². The molecule has 2 heterocycles. The number of carbonyl (C=O) groups excluding carboxylic acids is 2. The van der Waals surface area contributed by atoms with Crippen molar-refractivity contribution in [2.24, 2.45) is 11.8 Å². The van der Waals surface area contributed by atoms with Crippen molar-refractivity contribution in [1.82, 2.24) is 19.9 Å². The third-order valence-corrected chi connectivity index (χ3v) is 4.01. The predicted octanol–water partition coefficient (Wildman–Crippen LogP) is -0.272. The summed E-state index contributed by atoms with van der Waals surface area (Å²) in [6.45, 7) is 5.38. The van der Waals surface area contributed by atoms with Gasteiger partial charge in [-0.1, -0.05) is 0 Å². The molecule has 0 atom stereocenters. The number of imidazole rings is 1. The lowest BCUT2D eigenvalue weighted by atomic mass is 9.96. The molecule has 1 aromatic heterocycles. The smallest absolute Gasteiger partial charge is 0.242 e. The van der Waals surface area contributed by atoms with Crippen molar-refractivity contribution in [3.8, 4) is 0 Å². The molecule has 7 nitrogen and oxygen atoms in total. The van der Waals surface area contributed by atoms with Gasteiger partial charge in [0.15, 0.2) is 0 Å². The Morgan fingerprint density at radius 3 is 2.55 bits per heavy atom. The molecule has 0 unspecified atom stereocenters. The minimum absolute atomic E-state index is 0.0668. The first kappa shape index (κ1) is 14.5. The van der Waals surface area contributed by atoms with Crippen molar-refractivity contribution in [3.63, 3.8) is 0 Å². The van der Waals surface area contributed by atoms with E-state index in [4.69, 9.17) is 5.84 Å². The second-order valence-corrected chi connectivity index (χ2v) is 5.21. The van der Waals surface area contributed by atoms with Gasteiger partial charge in [0.2, 0.25) is 11.8 Å². The van der Waals surface area contributed by atoms with E-state index in [9.17, 15) is 9.59 Å². The fourth-order valence-corrected chi connectivity index (χ4v) is 2.46. The molecule has 0 spiro atoms. The first-order chi connectivity index (χ1) is 9.52. The van der Waals surface area contributed by atoms with Crippen LogP contribution in [0, 0.1) is 19.8 Å². The number of hydrogen-bond acceptors (Lipinski definition) is 4. The number of piperidine rings is 1. The molecule has 0 aliphatic carbocycles. The van der Waals surface area contributed by atoms with E-state index >= 15 is 0 Å². The maximum atomic E-state index is 12.2. The normalized spacial score (nSPS) is 16.2. The topological polar surface area (TPSA) is 93.2 Å². The number of nitrogens with one attached hydrogen (secondary N) is 1. The van der Waals surface area contributed by atoms with Crippen molar-refractivity contribution in [3.05, 3.63) is 17.7 Å². The molecule has 20 heavy (non-hydrogen) atoms. The number of carbonyl (C=O) groups is 2. The van der Waals surface area contributed by atoms with Gasteiger partial charge in [-0.2, -0.15) is 0 Å². The molecule has 2 rings (SSSR count). The molecule has 1 saturated heterocycles. The van der Waals surface area contributed by atoms with E-state index in [1.54, 1.807) is 11.2 Å². The Balaban J connectivity index is 1.89. The summed E-state index contributed by atoms with van der Waals surface area (Å²) in [7, 11) is 0. The number of rotatable bonds is 3. The van der Waals surface area contributed by atoms with E-state index < -0.39 is 0 Å². The Labute approximate surface area is 118 Å². The number of amides is 2. The van der Waals surface area contributed by atoms with Crippen LogP contribution in [0.15, 0.2) is 6.33 Å². The lowest BCUT2D eigenvalue weighted by Crippen LogP contribution is -2.45. The van der Waals surface area contributed by atoms with Crippen LogP contribution in [0.5, 0.6) is 0 Å². The lowest BCUT2D eigenvalue weighted by molar-refractivity contribution is -0.136. The fourth-order valence-electron chi connectivity index (χ4n) is 2.46. The van der Waals surface area contributed by atoms with E-state index in [1.165, 1.54) is 0 Å². The van der Waals surface area contributed by atoms with E-state index in [0.717, 1.165) is 11.4 Å². The van der Waals surface area contributed by atoms with E-state index in [2.05, 4.69) is 10.4 Å². The Hall–Kier alpha value is -1.89. The van der Waals surface area contributed by atoms with Crippen LogP contribution in [0.25, 0.3) is 0 Å². The zero-order chi connectivity index (χ0) is 14.7. The average molecular weight is 279 g/mol. The molecular formula is C13H21N5O2. The number of hydrogen-bond donors (Lipinski definition) is 2. The predicted molar refractivity (Wildman–Crippen MR) is 73.3 cm³/mol. The fraction of sp³-hybridized carbons (Fsp3) is 0.615. The quantitative estimate of drug-likeness (QED) is 0.452. The summed E-state index contributed by atoms with van der Waals surface area (Å²) in [5, 5.41) is 0. The third-order valence-electron chi connectivity index (χ3n) is 4.01. The number of aryl methyl sites for hydroxylation is 1. The van der Waals surface area contributed by atoms with Gasteiger partial charge in [-0.25, -0.2) is 10.8 Å². The molecule has 0 bridgehead atoms. The Kier molecular flexibility index (Phi) is 4.39. The number of aromatic nitrogens is 2. The van der Waals surface area contributed by atoms with Gasteiger partial charge in [0, 0.05) is 24.7 Å². The van der Waals surface area contributed by atoms with Gasteiger partial charge in [0.05, 0.1) is 12.0 Å². The molecule has 0 radical (unpaired) electrons. The van der Waals surface area contributed by atoms with Crippen LogP contribution in [0.3, 0.4) is 0 Å². The second kappa shape index (κ2) is 6.04. The van der Waals surface area contributed by atoms with Crippen LogP contribution in [0.1, 0.15) is 24.2 Å². The van der Waals surface area contributed by atoms with Gasteiger partial charge in [0.1, 0.15) is 6.54 Å². The first-order valence-corrected chi connectivity index (χ1v) is 6.79. The van der Waals surface area contributed by atoms with Gasteiger partial charge in [-0.05, 0) is 26.7 Å². The summed E-state index contributed by atoms with van der Waals surface area (Å²) in [6, 6.07) is 0. The van der Waals surface area contributed by atoms with Crippen molar-refractivity contribution in [1.29, 1.82) is 0 Å². The van der Waals surface area contributed by atoms with Crippen LogP contribution in [0.2, 0.25) is 0 Å². The molecular weight excluding hydrogens is 258 g/mol. The van der Waals surface area contributed by atoms with Gasteiger partial charge < -0.3 is 9.47 Å². The number of likely N-dealkylation sites (tertiary alicyclic amines) is 1. The minimum atomic E-state index is -0.141. The van der Waals surface area contributed by atoms with Crippen LogP contribution in [0.4, 0.5) is 0 Å². The van der Waals surface area contributed by atoms with Crippen LogP contribution in [-0.4, -0.2) is 39.4 Å². The standard InChI is InChI=1S/C13H21N5O2/c1-9-10(2)18(8-15-9)7-12(19)17-5-3-11(4-6-17)13(20)16-14/h8,11H,3-7,14H2,1-2H3,(H,16,20). The van der Waals surface area contributed by atoms with Crippen LogP contribution >= 0.6 is 0 Å². The molecule has 1 aromatic rings. The molecule has 3 N–H and O–H groups in total. The molecule has 7 heteroatoms. The van der Waals surface area contributed by atoms with Crippen molar-refractivity contribution in [2.45, 2.75) is 33.2 Å². The number of hydrazine groups is 1. The maximum Gasteiger partial charge on any atom is 0.242 e. The molecule has 1 fully saturated rings. The Bertz CT molecular complexity index is 503. The highest BCUT2D eigenvalue weighted by Gasteiger charge is 2.27. The van der Waals surface area contributed by atoms with E-state index in [-0.39, 0.29) is 17.7 Å². The second-order valence-electron chi connectivity index (χ2n) is 5.21. The highest BCUT2D eigenvalue weighted by atomic mass is 16.2. The highest BCUT2D eigenvalue weighted by molar-refractivity contribution is 5.79. The maximum absolute atomic E-state index is 12.2. The summed E-state index contributed by atoms with van der Waals surface area (Å²) < 4.78 is 1.86. The summed E-state index contributed by atoms with van der Waals surface area (Å²) in [6.07, 6.45) is 3.02. The molecule has 2 amide bonds. The van der Waals surface area contributed by atoms with Gasteiger partial charge in [0.25, 0.3) is 0 Å². The SMILES string of the molecule is Cc1ncn(CC(=O)N2CCC(C(=O)NN)CC2)c1C. The molecule has 1 aliphatic heterocycles. The first-order valence-electron chi connectivity index (χ1n) is 6.79. The number of nitrogens with two attached hydrogens (primary N) is 1. The van der Waals surface area contributed by atoms with E-state index in [0.29, 0.717) is 32.5 Å². The lowest BCUT2D eigenvalue weighted by Gasteiger charge is -2.31. The third kappa shape index (κ3) is 2.98. The molecule has 110 valence electrons. The molecule has 1 aliphatic rings. The number of nitrogens with zero attached hydrogens (tertiary/aromatic N) is 3. The van der Waals surface area contributed by atoms with Crippen molar-refractivity contribution in [2.75, 3.05) is 13.1 Å². The summed E-state index contributed by atoms with van der Waals surface area (Å²) in [5.41, 5.74) is 4.12. The van der Waals surface area contributed by atoms with Crippen molar-refractivity contribution < 1.29 is 9.59 Å². The van der Waals surface area contributed by atoms with E-state index in [1.807, 2.05) is 18.4 Å². The summed E-state index contributed by atoms with van der Waals surface area (Å²) in [5.74, 6) is 4.97. The minimum Gasteiger partial charge on any atom is -0.341 e. The van der Waals surface area contributed by atoms with Gasteiger partial charge >= 0.3 is 0 Å².